The van der Waals surface area contributed by atoms with Gasteiger partial charge >= 0.3 is 0 Å². The summed E-state index contributed by atoms with van der Waals surface area (Å²) in [4.78, 5) is 43.2. The van der Waals surface area contributed by atoms with Crippen LogP contribution in [-0.2, 0) is 20.7 Å². The minimum absolute atomic E-state index is 0.00349. The number of benzene rings is 1. The fourth-order valence-electron chi connectivity index (χ4n) is 4.08. The van der Waals surface area contributed by atoms with Crippen molar-refractivity contribution in [2.45, 2.75) is 33.1 Å². The maximum absolute atomic E-state index is 12.6. The maximum Gasteiger partial charge on any atom is 0.236 e. The fourth-order valence-corrected chi connectivity index (χ4v) is 4.08. The molecule has 7 heteroatoms. The van der Waals surface area contributed by atoms with Crippen molar-refractivity contribution in [1.82, 2.24) is 14.7 Å². The number of carbonyl (C=O) groups is 3. The highest BCUT2D eigenvalue weighted by Crippen LogP contribution is 2.13. The van der Waals surface area contributed by atoms with E-state index in [2.05, 4.69) is 18.7 Å². The molecule has 31 heavy (non-hydrogen) atoms. The third-order valence-corrected chi connectivity index (χ3v) is 5.93. The average Bonchev–Trinajstić information content (AvgIpc) is 2.78. The van der Waals surface area contributed by atoms with Gasteiger partial charge in [0.05, 0.1) is 19.8 Å². The average molecular weight is 430 g/mol. The van der Waals surface area contributed by atoms with Crippen molar-refractivity contribution in [2.24, 2.45) is 5.92 Å². The van der Waals surface area contributed by atoms with Gasteiger partial charge in [-0.1, -0.05) is 38.1 Å². The summed E-state index contributed by atoms with van der Waals surface area (Å²) in [6.07, 6.45) is 1.43. The monoisotopic (exact) mass is 429 g/mol. The van der Waals surface area contributed by atoms with E-state index in [4.69, 9.17) is 4.74 Å². The minimum atomic E-state index is -0.00921. The molecule has 0 saturated carbocycles. The number of hydrogen-bond acceptors (Lipinski definition) is 5. The first-order chi connectivity index (χ1) is 14.9. The molecule has 0 radical (unpaired) electrons. The molecule has 3 rings (SSSR count). The van der Waals surface area contributed by atoms with Gasteiger partial charge in [0.15, 0.2) is 5.78 Å². The Labute approximate surface area is 185 Å². The molecule has 0 N–H and O–H groups in total. The zero-order valence-electron chi connectivity index (χ0n) is 18.8. The van der Waals surface area contributed by atoms with E-state index >= 15 is 0 Å². The lowest BCUT2D eigenvalue weighted by molar-refractivity contribution is -0.140. The molecule has 0 unspecified atom stereocenters. The van der Waals surface area contributed by atoms with Crippen LogP contribution in [0, 0.1) is 5.92 Å². The number of ether oxygens (including phenoxy) is 1. The van der Waals surface area contributed by atoms with E-state index < -0.39 is 0 Å². The lowest BCUT2D eigenvalue weighted by atomic mass is 9.99. The number of amides is 2. The van der Waals surface area contributed by atoms with Crippen molar-refractivity contribution >= 4 is 17.6 Å². The Morgan fingerprint density at radius 2 is 1.42 bits per heavy atom. The summed E-state index contributed by atoms with van der Waals surface area (Å²) >= 11 is 0. The Hall–Kier alpha value is -2.25. The van der Waals surface area contributed by atoms with Crippen molar-refractivity contribution in [2.75, 3.05) is 59.0 Å². The van der Waals surface area contributed by atoms with E-state index in [0.29, 0.717) is 57.4 Å². The first kappa shape index (κ1) is 23.4. The van der Waals surface area contributed by atoms with Crippen molar-refractivity contribution in [3.63, 3.8) is 0 Å². The van der Waals surface area contributed by atoms with E-state index in [1.54, 1.807) is 4.90 Å². The van der Waals surface area contributed by atoms with Crippen LogP contribution in [0.1, 0.15) is 42.6 Å². The third kappa shape index (κ3) is 7.14. The Kier molecular flexibility index (Phi) is 8.60. The second-order valence-corrected chi connectivity index (χ2v) is 8.87. The SMILES string of the molecule is CC(C)Cc1ccc(C(=O)CCC(=O)N2CCN(C(=O)CN3CCOCC3)CC2)cc1. The van der Waals surface area contributed by atoms with Crippen LogP contribution in [0.2, 0.25) is 0 Å². The van der Waals surface area contributed by atoms with Crippen LogP contribution in [0.25, 0.3) is 0 Å². The van der Waals surface area contributed by atoms with Gasteiger partial charge in [-0.3, -0.25) is 19.3 Å². The quantitative estimate of drug-likeness (QED) is 0.590. The van der Waals surface area contributed by atoms with Crippen molar-refractivity contribution in [3.05, 3.63) is 35.4 Å². The molecule has 0 aromatic heterocycles. The summed E-state index contributed by atoms with van der Waals surface area (Å²) in [6.45, 7) is 9.87. The van der Waals surface area contributed by atoms with Gasteiger partial charge < -0.3 is 14.5 Å². The molecule has 2 amide bonds. The van der Waals surface area contributed by atoms with E-state index in [1.807, 2.05) is 29.2 Å². The summed E-state index contributed by atoms with van der Waals surface area (Å²) in [5, 5.41) is 0. The molecule has 2 fully saturated rings. The van der Waals surface area contributed by atoms with Crippen LogP contribution in [0.3, 0.4) is 0 Å². The summed E-state index contributed by atoms with van der Waals surface area (Å²) < 4.78 is 5.32. The summed E-state index contributed by atoms with van der Waals surface area (Å²) in [5.41, 5.74) is 1.89. The van der Waals surface area contributed by atoms with Crippen molar-refractivity contribution in [3.8, 4) is 0 Å². The molecular formula is C24H35N3O4. The molecule has 1 aromatic carbocycles. The Balaban J connectivity index is 1.38. The summed E-state index contributed by atoms with van der Waals surface area (Å²) in [5.74, 6) is 0.688. The molecule has 0 spiro atoms. The van der Waals surface area contributed by atoms with Crippen LogP contribution < -0.4 is 0 Å². The second kappa shape index (κ2) is 11.4. The molecule has 2 saturated heterocycles. The highest BCUT2D eigenvalue weighted by atomic mass is 16.5. The lowest BCUT2D eigenvalue weighted by Crippen LogP contribution is -2.53. The number of Topliss-reactive ketones (excluding diaryl/α,β-unsaturated/α-hetero) is 1. The van der Waals surface area contributed by atoms with Crippen LogP contribution in [0.15, 0.2) is 24.3 Å². The van der Waals surface area contributed by atoms with E-state index in [9.17, 15) is 14.4 Å². The number of piperazine rings is 1. The molecule has 0 bridgehead atoms. The predicted molar refractivity (Wildman–Crippen MR) is 119 cm³/mol. The first-order valence-electron chi connectivity index (χ1n) is 11.4. The second-order valence-electron chi connectivity index (χ2n) is 8.87. The Morgan fingerprint density at radius 3 is 2.00 bits per heavy atom. The van der Waals surface area contributed by atoms with Crippen molar-refractivity contribution in [1.29, 1.82) is 0 Å². The van der Waals surface area contributed by atoms with E-state index in [-0.39, 0.29) is 30.4 Å². The zero-order chi connectivity index (χ0) is 22.2. The van der Waals surface area contributed by atoms with Gasteiger partial charge in [0.25, 0.3) is 0 Å². The van der Waals surface area contributed by atoms with Gasteiger partial charge in [-0.25, -0.2) is 0 Å². The van der Waals surface area contributed by atoms with Gasteiger partial charge in [0.2, 0.25) is 11.8 Å². The van der Waals surface area contributed by atoms with Crippen LogP contribution in [0.5, 0.6) is 0 Å². The number of rotatable bonds is 8. The minimum Gasteiger partial charge on any atom is -0.379 e. The van der Waals surface area contributed by atoms with E-state index in [1.165, 1.54) is 5.56 Å². The zero-order valence-corrected chi connectivity index (χ0v) is 18.8. The normalized spacial score (nSPS) is 17.8. The fraction of sp³-hybridized carbons (Fsp3) is 0.625. The topological polar surface area (TPSA) is 70.2 Å². The molecule has 2 aliphatic heterocycles. The lowest BCUT2D eigenvalue weighted by Gasteiger charge is -2.36. The predicted octanol–water partition coefficient (Wildman–Crippen LogP) is 1.85. The molecule has 1 aromatic rings. The summed E-state index contributed by atoms with van der Waals surface area (Å²) in [7, 11) is 0. The van der Waals surface area contributed by atoms with Gasteiger partial charge in [-0.05, 0) is 17.9 Å². The first-order valence-corrected chi connectivity index (χ1v) is 11.4. The smallest absolute Gasteiger partial charge is 0.236 e. The number of carbonyl (C=O) groups excluding carboxylic acids is 3. The largest absolute Gasteiger partial charge is 0.379 e. The molecule has 170 valence electrons. The molecular weight excluding hydrogens is 394 g/mol. The number of morpholine rings is 1. The van der Waals surface area contributed by atoms with Crippen LogP contribution in [0.4, 0.5) is 0 Å². The maximum atomic E-state index is 12.6. The Morgan fingerprint density at radius 1 is 0.839 bits per heavy atom. The molecule has 7 nitrogen and oxygen atoms in total. The molecule has 2 aliphatic rings. The molecule has 0 aliphatic carbocycles. The Bertz CT molecular complexity index is 749. The standard InChI is InChI=1S/C24H35N3O4/c1-19(2)17-20-3-5-21(6-4-20)22(28)7-8-23(29)26-9-11-27(12-10-26)24(30)18-25-13-15-31-16-14-25/h3-6,19H,7-18H2,1-2H3. The van der Waals surface area contributed by atoms with Gasteiger partial charge in [0, 0.05) is 57.7 Å². The molecule has 2 heterocycles. The van der Waals surface area contributed by atoms with Gasteiger partial charge in [-0.15, -0.1) is 0 Å². The number of ketones is 1. The van der Waals surface area contributed by atoms with Crippen LogP contribution in [-0.4, -0.2) is 91.3 Å². The third-order valence-electron chi connectivity index (χ3n) is 5.93. The highest BCUT2D eigenvalue weighted by Gasteiger charge is 2.26. The highest BCUT2D eigenvalue weighted by molar-refractivity contribution is 5.98. The van der Waals surface area contributed by atoms with Gasteiger partial charge in [0.1, 0.15) is 0 Å². The summed E-state index contributed by atoms with van der Waals surface area (Å²) in [6, 6.07) is 7.73. The number of nitrogens with zero attached hydrogens (tertiary/aromatic N) is 3. The van der Waals surface area contributed by atoms with Crippen LogP contribution >= 0.6 is 0 Å². The molecule has 0 atom stereocenters. The number of hydrogen-bond donors (Lipinski definition) is 0. The van der Waals surface area contributed by atoms with Gasteiger partial charge in [-0.2, -0.15) is 0 Å². The van der Waals surface area contributed by atoms with E-state index in [0.717, 1.165) is 19.5 Å². The van der Waals surface area contributed by atoms with Crippen molar-refractivity contribution < 1.29 is 19.1 Å².